The van der Waals surface area contributed by atoms with Gasteiger partial charge in [-0.2, -0.15) is 0 Å². The predicted octanol–water partition coefficient (Wildman–Crippen LogP) is 2.81. The fourth-order valence-electron chi connectivity index (χ4n) is 3.01. The molecule has 3 aromatic carbocycles. The van der Waals surface area contributed by atoms with Crippen molar-refractivity contribution in [1.82, 2.24) is 5.32 Å². The van der Waals surface area contributed by atoms with E-state index < -0.39 is 15.9 Å². The fraction of sp³-hybridized carbons (Fsp3) is 0.227. The molecule has 0 atom stereocenters. The normalized spacial score (nSPS) is 11.1. The van der Waals surface area contributed by atoms with Crippen LogP contribution < -0.4 is 19.1 Å². The second-order valence-electron chi connectivity index (χ2n) is 6.64. The second kappa shape index (κ2) is 9.49. The smallest absolute Gasteiger partial charge is 0.240 e. The Balaban J connectivity index is 1.56. The zero-order valence-electron chi connectivity index (χ0n) is 16.9. The van der Waals surface area contributed by atoms with Gasteiger partial charge in [0.15, 0.2) is 0 Å². The van der Waals surface area contributed by atoms with Crippen molar-refractivity contribution in [3.63, 3.8) is 0 Å². The summed E-state index contributed by atoms with van der Waals surface area (Å²) in [6.07, 6.45) is 1.06. The number of benzene rings is 3. The lowest BCUT2D eigenvalue weighted by atomic mass is 10.1. The Morgan fingerprint density at radius 1 is 1.00 bits per heavy atom. The van der Waals surface area contributed by atoms with Crippen LogP contribution in [0.1, 0.15) is 0 Å². The number of carbonyl (C=O) groups excluding carboxylic acids is 1. The van der Waals surface area contributed by atoms with E-state index in [1.807, 2.05) is 42.5 Å². The zero-order chi connectivity index (χ0) is 21.6. The van der Waals surface area contributed by atoms with E-state index in [2.05, 4.69) is 5.32 Å². The highest BCUT2D eigenvalue weighted by atomic mass is 32.2. The maximum Gasteiger partial charge on any atom is 0.240 e. The molecule has 1 amide bonds. The SMILES string of the molecule is COc1ccc(N(CC(=O)NCCOc2cccc3ccccc23)S(C)(=O)=O)cc1. The summed E-state index contributed by atoms with van der Waals surface area (Å²) in [5.41, 5.74) is 0.389. The lowest BCUT2D eigenvalue weighted by molar-refractivity contribution is -0.119. The standard InChI is InChI=1S/C22H24N2O5S/c1-28-19-12-10-18(11-13-19)24(30(2,26)27)16-22(25)23-14-15-29-21-9-5-7-17-6-3-4-8-20(17)21/h3-13H,14-16H2,1-2H3,(H,23,25). The van der Waals surface area contributed by atoms with E-state index in [-0.39, 0.29) is 19.7 Å². The van der Waals surface area contributed by atoms with Gasteiger partial charge in [-0.05, 0) is 35.7 Å². The Morgan fingerprint density at radius 3 is 2.40 bits per heavy atom. The quantitative estimate of drug-likeness (QED) is 0.530. The third-order valence-electron chi connectivity index (χ3n) is 4.48. The van der Waals surface area contributed by atoms with E-state index in [1.165, 1.54) is 7.11 Å². The van der Waals surface area contributed by atoms with Crippen LogP contribution in [0.5, 0.6) is 11.5 Å². The highest BCUT2D eigenvalue weighted by molar-refractivity contribution is 7.92. The summed E-state index contributed by atoms with van der Waals surface area (Å²) in [6, 6.07) is 20.1. The first-order chi connectivity index (χ1) is 14.4. The van der Waals surface area contributed by atoms with Gasteiger partial charge in [-0.25, -0.2) is 8.42 Å². The van der Waals surface area contributed by atoms with Crippen LogP contribution in [0.4, 0.5) is 5.69 Å². The van der Waals surface area contributed by atoms with Gasteiger partial charge in [-0.15, -0.1) is 0 Å². The summed E-state index contributed by atoms with van der Waals surface area (Å²) >= 11 is 0. The van der Waals surface area contributed by atoms with Crippen molar-refractivity contribution in [1.29, 1.82) is 0 Å². The fourth-order valence-corrected chi connectivity index (χ4v) is 3.86. The third-order valence-corrected chi connectivity index (χ3v) is 5.62. The molecule has 0 saturated carbocycles. The molecule has 0 fully saturated rings. The van der Waals surface area contributed by atoms with Gasteiger partial charge in [0.05, 0.1) is 25.6 Å². The first kappa shape index (κ1) is 21.4. The summed E-state index contributed by atoms with van der Waals surface area (Å²) in [6.45, 7) is 0.197. The van der Waals surface area contributed by atoms with Crippen molar-refractivity contribution in [2.75, 3.05) is 37.4 Å². The first-order valence-electron chi connectivity index (χ1n) is 9.37. The highest BCUT2D eigenvalue weighted by Gasteiger charge is 2.20. The molecule has 0 aliphatic heterocycles. The summed E-state index contributed by atoms with van der Waals surface area (Å²) in [5, 5.41) is 4.77. The number of nitrogens with one attached hydrogen (secondary N) is 1. The van der Waals surface area contributed by atoms with Crippen LogP contribution in [0.3, 0.4) is 0 Å². The molecule has 30 heavy (non-hydrogen) atoms. The molecular formula is C22H24N2O5S. The van der Waals surface area contributed by atoms with Gasteiger partial charge in [-0.1, -0.05) is 36.4 Å². The lowest BCUT2D eigenvalue weighted by Gasteiger charge is -2.22. The van der Waals surface area contributed by atoms with Crippen molar-refractivity contribution in [3.05, 3.63) is 66.7 Å². The van der Waals surface area contributed by atoms with Crippen molar-refractivity contribution in [2.24, 2.45) is 0 Å². The number of fused-ring (bicyclic) bond motifs is 1. The molecule has 3 aromatic rings. The number of sulfonamides is 1. The molecule has 0 unspecified atom stereocenters. The van der Waals surface area contributed by atoms with Crippen LogP contribution in [0.2, 0.25) is 0 Å². The van der Waals surface area contributed by atoms with E-state index in [0.29, 0.717) is 11.4 Å². The largest absolute Gasteiger partial charge is 0.497 e. The maximum atomic E-state index is 12.3. The van der Waals surface area contributed by atoms with E-state index in [0.717, 1.165) is 27.1 Å². The van der Waals surface area contributed by atoms with Gasteiger partial charge in [0.2, 0.25) is 15.9 Å². The summed E-state index contributed by atoms with van der Waals surface area (Å²) in [4.78, 5) is 12.3. The number of anilines is 1. The van der Waals surface area contributed by atoms with Crippen LogP contribution in [-0.2, 0) is 14.8 Å². The van der Waals surface area contributed by atoms with Gasteiger partial charge < -0.3 is 14.8 Å². The number of hydrogen-bond acceptors (Lipinski definition) is 5. The van der Waals surface area contributed by atoms with Gasteiger partial charge >= 0.3 is 0 Å². The molecule has 0 bridgehead atoms. The predicted molar refractivity (Wildman–Crippen MR) is 118 cm³/mol. The molecular weight excluding hydrogens is 404 g/mol. The second-order valence-corrected chi connectivity index (χ2v) is 8.55. The van der Waals surface area contributed by atoms with Gasteiger partial charge in [-0.3, -0.25) is 9.10 Å². The van der Waals surface area contributed by atoms with Gasteiger partial charge in [0, 0.05) is 5.39 Å². The van der Waals surface area contributed by atoms with E-state index in [1.54, 1.807) is 24.3 Å². The van der Waals surface area contributed by atoms with Crippen molar-refractivity contribution >= 4 is 32.4 Å². The monoisotopic (exact) mass is 428 g/mol. The molecule has 0 aromatic heterocycles. The minimum atomic E-state index is -3.63. The molecule has 7 nitrogen and oxygen atoms in total. The van der Waals surface area contributed by atoms with Crippen molar-refractivity contribution in [3.8, 4) is 11.5 Å². The maximum absolute atomic E-state index is 12.3. The number of hydrogen-bond donors (Lipinski definition) is 1. The number of rotatable bonds is 9. The van der Waals surface area contributed by atoms with Gasteiger partial charge in [0.1, 0.15) is 24.7 Å². The van der Waals surface area contributed by atoms with E-state index >= 15 is 0 Å². The number of nitrogens with zero attached hydrogens (tertiary/aromatic N) is 1. The van der Waals surface area contributed by atoms with E-state index in [4.69, 9.17) is 9.47 Å². The molecule has 0 aliphatic rings. The Bertz CT molecular complexity index is 1110. The summed E-state index contributed by atoms with van der Waals surface area (Å²) in [7, 11) is -2.11. The minimum Gasteiger partial charge on any atom is -0.497 e. The van der Waals surface area contributed by atoms with Crippen molar-refractivity contribution in [2.45, 2.75) is 0 Å². The average Bonchev–Trinajstić information content (AvgIpc) is 2.74. The van der Waals surface area contributed by atoms with Crippen LogP contribution >= 0.6 is 0 Å². The molecule has 0 radical (unpaired) electrons. The molecule has 3 rings (SSSR count). The van der Waals surface area contributed by atoms with Crippen LogP contribution in [0, 0.1) is 0 Å². The molecule has 8 heteroatoms. The van der Waals surface area contributed by atoms with Crippen LogP contribution in [0.15, 0.2) is 66.7 Å². The number of methoxy groups -OCH3 is 1. The molecule has 1 N–H and O–H groups in total. The Morgan fingerprint density at radius 2 is 1.70 bits per heavy atom. The first-order valence-corrected chi connectivity index (χ1v) is 11.2. The zero-order valence-corrected chi connectivity index (χ0v) is 17.7. The third kappa shape index (κ3) is 5.42. The summed E-state index contributed by atoms with van der Waals surface area (Å²) < 4.78 is 36.2. The lowest BCUT2D eigenvalue weighted by Crippen LogP contribution is -2.41. The molecule has 158 valence electrons. The topological polar surface area (TPSA) is 84.9 Å². The number of carbonyl (C=O) groups is 1. The van der Waals surface area contributed by atoms with Crippen LogP contribution in [0.25, 0.3) is 10.8 Å². The number of ether oxygens (including phenoxy) is 2. The molecule has 0 saturated heterocycles. The Kier molecular flexibility index (Phi) is 6.79. The van der Waals surface area contributed by atoms with Crippen LogP contribution in [-0.4, -0.2) is 47.4 Å². The van der Waals surface area contributed by atoms with Crippen molar-refractivity contribution < 1.29 is 22.7 Å². The average molecular weight is 429 g/mol. The molecule has 0 aliphatic carbocycles. The number of amides is 1. The molecule has 0 heterocycles. The Labute approximate surface area is 176 Å². The van der Waals surface area contributed by atoms with Gasteiger partial charge in [0.25, 0.3) is 0 Å². The Hall–Kier alpha value is -3.26. The minimum absolute atomic E-state index is 0.252. The summed E-state index contributed by atoms with van der Waals surface area (Å²) in [5.74, 6) is 0.915. The highest BCUT2D eigenvalue weighted by Crippen LogP contribution is 2.25. The van der Waals surface area contributed by atoms with E-state index in [9.17, 15) is 13.2 Å². The molecule has 0 spiro atoms.